The Morgan fingerprint density at radius 1 is 1.41 bits per heavy atom. The van der Waals surface area contributed by atoms with Crippen LogP contribution in [0.5, 0.6) is 5.75 Å². The maximum atomic E-state index is 10.5. The second kappa shape index (κ2) is 7.84. The van der Waals surface area contributed by atoms with Gasteiger partial charge in [-0.1, -0.05) is 0 Å². The Hall–Kier alpha value is -1.36. The molecule has 17 heavy (non-hydrogen) atoms. The molecule has 0 fully saturated rings. The van der Waals surface area contributed by atoms with Crippen molar-refractivity contribution in [1.82, 2.24) is 0 Å². The molecule has 0 bridgehead atoms. The third kappa shape index (κ3) is 6.06. The molecule has 1 aromatic carbocycles. The lowest BCUT2D eigenvalue weighted by Gasteiger charge is -2.07. The van der Waals surface area contributed by atoms with Gasteiger partial charge in [0.2, 0.25) is 0 Å². The quantitative estimate of drug-likeness (QED) is 0.693. The van der Waals surface area contributed by atoms with Gasteiger partial charge in [0.1, 0.15) is 5.75 Å². The molecule has 0 aliphatic heterocycles. The van der Waals surface area contributed by atoms with E-state index in [9.17, 15) is 4.79 Å². The van der Waals surface area contributed by atoms with Crippen LogP contribution >= 0.6 is 11.8 Å². The number of amides is 1. The molecule has 0 radical (unpaired) electrons. The Bertz CT molecular complexity index is 341. The molecule has 4 nitrogen and oxygen atoms in total. The van der Waals surface area contributed by atoms with Gasteiger partial charge in [-0.2, -0.15) is 11.8 Å². The first kappa shape index (κ1) is 13.7. The number of carbonyl (C=O) groups excluding carboxylic acids is 1. The van der Waals surface area contributed by atoms with Crippen molar-refractivity contribution in [2.24, 2.45) is 5.73 Å². The number of carbonyl (C=O) groups is 1. The van der Waals surface area contributed by atoms with E-state index in [-0.39, 0.29) is 6.61 Å². The van der Waals surface area contributed by atoms with E-state index in [1.54, 1.807) is 0 Å². The Morgan fingerprint density at radius 2 is 2.12 bits per heavy atom. The van der Waals surface area contributed by atoms with Gasteiger partial charge < -0.3 is 15.8 Å². The molecule has 0 atom stereocenters. The van der Waals surface area contributed by atoms with E-state index < -0.39 is 5.91 Å². The average Bonchev–Trinajstić information content (AvgIpc) is 2.33. The van der Waals surface area contributed by atoms with Crippen molar-refractivity contribution in [2.45, 2.75) is 6.42 Å². The highest BCUT2D eigenvalue weighted by Crippen LogP contribution is 2.15. The van der Waals surface area contributed by atoms with Crippen LogP contribution in [-0.2, 0) is 4.79 Å². The van der Waals surface area contributed by atoms with Crippen LogP contribution < -0.4 is 15.8 Å². The van der Waals surface area contributed by atoms with E-state index in [1.807, 2.05) is 36.0 Å². The molecule has 0 saturated carbocycles. The van der Waals surface area contributed by atoms with Crippen LogP contribution in [0.1, 0.15) is 6.42 Å². The van der Waals surface area contributed by atoms with Crippen LogP contribution in [0, 0.1) is 0 Å². The SMILES string of the molecule is CSCCCNc1ccc(OCC(N)=O)cc1. The van der Waals surface area contributed by atoms with Gasteiger partial charge in [0.05, 0.1) is 0 Å². The van der Waals surface area contributed by atoms with E-state index in [2.05, 4.69) is 11.6 Å². The van der Waals surface area contributed by atoms with Crippen molar-refractivity contribution in [3.05, 3.63) is 24.3 Å². The summed E-state index contributed by atoms with van der Waals surface area (Å²) in [5.74, 6) is 1.34. The third-order valence-electron chi connectivity index (χ3n) is 2.09. The van der Waals surface area contributed by atoms with Crippen LogP contribution in [0.4, 0.5) is 5.69 Å². The molecular formula is C12H18N2O2S. The first-order valence-corrected chi connectivity index (χ1v) is 6.85. The van der Waals surface area contributed by atoms with E-state index in [4.69, 9.17) is 10.5 Å². The smallest absolute Gasteiger partial charge is 0.255 e. The van der Waals surface area contributed by atoms with Gasteiger partial charge in [-0.05, 0) is 42.7 Å². The fourth-order valence-electron chi connectivity index (χ4n) is 1.27. The van der Waals surface area contributed by atoms with Crippen molar-refractivity contribution >= 4 is 23.4 Å². The Kier molecular flexibility index (Phi) is 6.32. The largest absolute Gasteiger partial charge is 0.484 e. The molecule has 0 aliphatic carbocycles. The molecule has 1 rings (SSSR count). The number of hydrogen-bond donors (Lipinski definition) is 2. The predicted octanol–water partition coefficient (Wildman–Crippen LogP) is 1.72. The Balaban J connectivity index is 2.31. The molecule has 0 saturated heterocycles. The van der Waals surface area contributed by atoms with Crippen molar-refractivity contribution in [1.29, 1.82) is 0 Å². The molecule has 1 aromatic rings. The summed E-state index contributed by atoms with van der Waals surface area (Å²) < 4.78 is 5.16. The fourth-order valence-corrected chi connectivity index (χ4v) is 1.71. The molecule has 0 aliphatic rings. The number of ether oxygens (including phenoxy) is 1. The number of hydrogen-bond acceptors (Lipinski definition) is 4. The van der Waals surface area contributed by atoms with Gasteiger partial charge in [-0.3, -0.25) is 4.79 Å². The average molecular weight is 254 g/mol. The minimum atomic E-state index is -0.468. The van der Waals surface area contributed by atoms with Crippen LogP contribution in [0.3, 0.4) is 0 Å². The summed E-state index contributed by atoms with van der Waals surface area (Å²) in [6.07, 6.45) is 3.24. The molecule has 0 aromatic heterocycles. The second-order valence-electron chi connectivity index (χ2n) is 3.55. The van der Waals surface area contributed by atoms with Gasteiger partial charge in [-0.15, -0.1) is 0 Å². The first-order valence-electron chi connectivity index (χ1n) is 5.46. The molecule has 3 N–H and O–H groups in total. The zero-order chi connectivity index (χ0) is 12.5. The van der Waals surface area contributed by atoms with Crippen molar-refractivity contribution in [3.63, 3.8) is 0 Å². The van der Waals surface area contributed by atoms with Gasteiger partial charge in [0.15, 0.2) is 6.61 Å². The first-order chi connectivity index (χ1) is 8.22. The number of nitrogens with two attached hydrogens (primary N) is 1. The van der Waals surface area contributed by atoms with E-state index >= 15 is 0 Å². The van der Waals surface area contributed by atoms with Crippen LogP contribution in [0.25, 0.3) is 0 Å². The van der Waals surface area contributed by atoms with E-state index in [0.717, 1.165) is 24.4 Å². The molecule has 0 spiro atoms. The van der Waals surface area contributed by atoms with Gasteiger partial charge in [0, 0.05) is 12.2 Å². The highest BCUT2D eigenvalue weighted by Gasteiger charge is 1.97. The summed E-state index contributed by atoms with van der Waals surface area (Å²) >= 11 is 1.84. The third-order valence-corrected chi connectivity index (χ3v) is 2.79. The lowest BCUT2D eigenvalue weighted by atomic mass is 10.3. The fraction of sp³-hybridized carbons (Fsp3) is 0.417. The molecule has 5 heteroatoms. The lowest BCUT2D eigenvalue weighted by molar-refractivity contribution is -0.119. The second-order valence-corrected chi connectivity index (χ2v) is 4.54. The molecule has 0 unspecified atom stereocenters. The number of thioether (sulfide) groups is 1. The summed E-state index contributed by atoms with van der Waals surface area (Å²) in [5, 5.41) is 3.31. The monoisotopic (exact) mass is 254 g/mol. The van der Waals surface area contributed by atoms with Gasteiger partial charge in [-0.25, -0.2) is 0 Å². The maximum absolute atomic E-state index is 10.5. The summed E-state index contributed by atoms with van der Waals surface area (Å²) in [5.41, 5.74) is 6.04. The molecule has 0 heterocycles. The highest BCUT2D eigenvalue weighted by molar-refractivity contribution is 7.98. The highest BCUT2D eigenvalue weighted by atomic mass is 32.2. The lowest BCUT2D eigenvalue weighted by Crippen LogP contribution is -2.19. The molecular weight excluding hydrogens is 236 g/mol. The summed E-state index contributed by atoms with van der Waals surface area (Å²) in [4.78, 5) is 10.5. The summed E-state index contributed by atoms with van der Waals surface area (Å²) in [6.45, 7) is 0.878. The number of primary amides is 1. The normalized spacial score (nSPS) is 9.94. The van der Waals surface area contributed by atoms with Crippen LogP contribution in [-0.4, -0.2) is 31.1 Å². The van der Waals surface area contributed by atoms with Crippen molar-refractivity contribution in [3.8, 4) is 5.75 Å². The number of anilines is 1. The minimum Gasteiger partial charge on any atom is -0.484 e. The van der Waals surface area contributed by atoms with Gasteiger partial charge >= 0.3 is 0 Å². The standard InChI is InChI=1S/C12H18N2O2S/c1-17-8-2-7-14-10-3-5-11(6-4-10)16-9-12(13)15/h3-6,14H,2,7-9H2,1H3,(H2,13,15). The predicted molar refractivity (Wildman–Crippen MR) is 72.6 cm³/mol. The number of rotatable bonds is 8. The van der Waals surface area contributed by atoms with Gasteiger partial charge in [0.25, 0.3) is 5.91 Å². The van der Waals surface area contributed by atoms with E-state index in [0.29, 0.717) is 5.75 Å². The number of nitrogens with one attached hydrogen (secondary N) is 1. The number of benzene rings is 1. The van der Waals surface area contributed by atoms with E-state index in [1.165, 1.54) is 0 Å². The van der Waals surface area contributed by atoms with Crippen molar-refractivity contribution in [2.75, 3.05) is 30.5 Å². The summed E-state index contributed by atoms with van der Waals surface area (Å²) in [6, 6.07) is 7.49. The molecule has 1 amide bonds. The Labute approximate surface area is 106 Å². The topological polar surface area (TPSA) is 64.3 Å². The summed E-state index contributed by atoms with van der Waals surface area (Å²) in [7, 11) is 0. The van der Waals surface area contributed by atoms with Crippen LogP contribution in [0.2, 0.25) is 0 Å². The minimum absolute atomic E-state index is 0.0828. The van der Waals surface area contributed by atoms with Crippen LogP contribution in [0.15, 0.2) is 24.3 Å². The maximum Gasteiger partial charge on any atom is 0.255 e. The molecule has 94 valence electrons. The van der Waals surface area contributed by atoms with Crippen molar-refractivity contribution < 1.29 is 9.53 Å². The Morgan fingerprint density at radius 3 is 2.71 bits per heavy atom. The zero-order valence-electron chi connectivity index (χ0n) is 9.94. The zero-order valence-corrected chi connectivity index (χ0v) is 10.8.